The van der Waals surface area contributed by atoms with Gasteiger partial charge in [0.1, 0.15) is 24.9 Å². The van der Waals surface area contributed by atoms with Crippen LogP contribution in [0.3, 0.4) is 0 Å². The van der Waals surface area contributed by atoms with Crippen molar-refractivity contribution >= 4 is 10.9 Å². The van der Waals surface area contributed by atoms with Gasteiger partial charge in [0, 0.05) is 30.2 Å². The number of halogens is 1. The van der Waals surface area contributed by atoms with Crippen LogP contribution in [0.2, 0.25) is 0 Å². The largest absolute Gasteiger partial charge is 0.497 e. The average Bonchev–Trinajstić information content (AvgIpc) is 3.21. The lowest BCUT2D eigenvalue weighted by Gasteiger charge is -2.41. The van der Waals surface area contributed by atoms with Crippen molar-refractivity contribution in [3.8, 4) is 17.2 Å². The predicted octanol–water partition coefficient (Wildman–Crippen LogP) is 4.98. The summed E-state index contributed by atoms with van der Waals surface area (Å²) in [6.07, 6.45) is 1.74. The molecule has 4 aromatic rings. The molecule has 6 nitrogen and oxygen atoms in total. The molecule has 186 valence electrons. The fraction of sp³-hybridized carbons (Fsp3) is 0.310. The molecule has 0 aliphatic carbocycles. The second-order valence-corrected chi connectivity index (χ2v) is 9.44. The van der Waals surface area contributed by atoms with E-state index in [0.29, 0.717) is 11.5 Å². The van der Waals surface area contributed by atoms with Crippen LogP contribution < -0.4 is 14.2 Å². The van der Waals surface area contributed by atoms with Gasteiger partial charge in [-0.3, -0.25) is 4.90 Å². The van der Waals surface area contributed by atoms with Crippen LogP contribution in [0.5, 0.6) is 17.2 Å². The van der Waals surface area contributed by atoms with Crippen molar-refractivity contribution in [1.29, 1.82) is 0 Å². The standard InChI is InChI=1S/C29H29FN2O4/c1-34-21-6-7-25-23(12-21)24-13-26-22-14-29(36-16-18-4-3-5-20(30)10-18)28(35-2)11-19(22)8-9-31(26)15-27(24)32(25)17-33/h3-7,10-12,14,26,33H,8-9,13,15-17H2,1-2H3. The first kappa shape index (κ1) is 22.9. The molecule has 1 atom stereocenters. The second-order valence-electron chi connectivity index (χ2n) is 9.44. The molecule has 0 spiro atoms. The highest BCUT2D eigenvalue weighted by Crippen LogP contribution is 2.45. The molecule has 1 N–H and O–H groups in total. The Hall–Kier alpha value is -3.55. The number of hydrogen-bond donors (Lipinski definition) is 1. The van der Waals surface area contributed by atoms with Crippen molar-refractivity contribution in [3.63, 3.8) is 0 Å². The van der Waals surface area contributed by atoms with Gasteiger partial charge in [-0.05, 0) is 77.6 Å². The number of aliphatic hydroxyl groups excluding tert-OH is 1. The molecule has 0 bridgehead atoms. The minimum Gasteiger partial charge on any atom is -0.497 e. The van der Waals surface area contributed by atoms with Gasteiger partial charge >= 0.3 is 0 Å². The highest BCUT2D eigenvalue weighted by atomic mass is 19.1. The lowest BCUT2D eigenvalue weighted by atomic mass is 9.85. The van der Waals surface area contributed by atoms with Crippen LogP contribution in [0.25, 0.3) is 10.9 Å². The molecule has 1 aromatic heterocycles. The van der Waals surface area contributed by atoms with E-state index in [-0.39, 0.29) is 25.2 Å². The van der Waals surface area contributed by atoms with Crippen LogP contribution in [0, 0.1) is 5.82 Å². The Labute approximate surface area is 209 Å². The van der Waals surface area contributed by atoms with Crippen molar-refractivity contribution in [2.75, 3.05) is 20.8 Å². The molecule has 7 heteroatoms. The van der Waals surface area contributed by atoms with E-state index in [1.807, 2.05) is 22.8 Å². The molecule has 2 aliphatic rings. The van der Waals surface area contributed by atoms with Crippen LogP contribution in [-0.4, -0.2) is 35.3 Å². The van der Waals surface area contributed by atoms with Gasteiger partial charge in [-0.2, -0.15) is 0 Å². The summed E-state index contributed by atoms with van der Waals surface area (Å²) in [6, 6.07) is 16.9. The van der Waals surface area contributed by atoms with Crippen LogP contribution in [0.1, 0.15) is 34.0 Å². The van der Waals surface area contributed by atoms with E-state index >= 15 is 0 Å². The third-order valence-electron chi connectivity index (χ3n) is 7.56. The number of fused-ring (bicyclic) bond motifs is 6. The number of nitrogens with zero attached hydrogens (tertiary/aromatic N) is 2. The first-order chi connectivity index (χ1) is 17.6. The third kappa shape index (κ3) is 3.79. The van der Waals surface area contributed by atoms with Crippen LogP contribution >= 0.6 is 0 Å². The fourth-order valence-electron chi connectivity index (χ4n) is 5.79. The maximum atomic E-state index is 13.6. The lowest BCUT2D eigenvalue weighted by molar-refractivity contribution is 0.145. The Bertz CT molecular complexity index is 1450. The number of benzene rings is 3. The normalized spacial score (nSPS) is 16.8. The molecule has 0 radical (unpaired) electrons. The van der Waals surface area contributed by atoms with Crippen LogP contribution in [0.15, 0.2) is 54.6 Å². The van der Waals surface area contributed by atoms with E-state index in [4.69, 9.17) is 14.2 Å². The minimum atomic E-state index is -0.277. The fourth-order valence-corrected chi connectivity index (χ4v) is 5.79. The second kappa shape index (κ2) is 9.15. The summed E-state index contributed by atoms with van der Waals surface area (Å²) in [5.74, 6) is 1.88. The Kier molecular flexibility index (Phi) is 5.82. The van der Waals surface area contributed by atoms with Crippen LogP contribution in [0.4, 0.5) is 4.39 Å². The zero-order valence-electron chi connectivity index (χ0n) is 20.5. The monoisotopic (exact) mass is 488 g/mol. The highest BCUT2D eigenvalue weighted by Gasteiger charge is 2.36. The van der Waals surface area contributed by atoms with Crippen molar-refractivity contribution < 1.29 is 23.7 Å². The summed E-state index contributed by atoms with van der Waals surface area (Å²) in [6.45, 7) is 1.90. The Morgan fingerprint density at radius 3 is 2.69 bits per heavy atom. The summed E-state index contributed by atoms with van der Waals surface area (Å²) in [7, 11) is 3.32. The molecule has 0 amide bonds. The SMILES string of the molecule is COc1ccc2c(c1)c1c(n2CO)CN2CCc3cc(OC)c(OCc4cccc(F)c4)cc3C2C1. The van der Waals surface area contributed by atoms with E-state index in [0.717, 1.165) is 53.8 Å². The molecular weight excluding hydrogens is 459 g/mol. The lowest BCUT2D eigenvalue weighted by Crippen LogP contribution is -2.39. The zero-order chi connectivity index (χ0) is 24.8. The van der Waals surface area contributed by atoms with E-state index in [1.165, 1.54) is 28.8 Å². The van der Waals surface area contributed by atoms with Gasteiger partial charge < -0.3 is 23.9 Å². The molecule has 3 heterocycles. The number of methoxy groups -OCH3 is 2. The van der Waals surface area contributed by atoms with Crippen LogP contribution in [-0.2, 0) is 32.7 Å². The topological polar surface area (TPSA) is 56.1 Å². The molecule has 0 saturated heterocycles. The first-order valence-corrected chi connectivity index (χ1v) is 12.2. The zero-order valence-corrected chi connectivity index (χ0v) is 20.5. The minimum absolute atomic E-state index is 0.0531. The van der Waals surface area contributed by atoms with Crippen molar-refractivity contribution in [2.45, 2.75) is 38.8 Å². The summed E-state index contributed by atoms with van der Waals surface area (Å²) >= 11 is 0. The summed E-state index contributed by atoms with van der Waals surface area (Å²) < 4.78 is 33.0. The molecule has 2 aliphatic heterocycles. The predicted molar refractivity (Wildman–Crippen MR) is 135 cm³/mol. The van der Waals surface area contributed by atoms with Crippen molar-refractivity contribution in [3.05, 3.63) is 88.4 Å². The van der Waals surface area contributed by atoms with Gasteiger partial charge in [0.2, 0.25) is 0 Å². The molecule has 0 fully saturated rings. The van der Waals surface area contributed by atoms with Gasteiger partial charge in [0.05, 0.1) is 19.7 Å². The summed E-state index contributed by atoms with van der Waals surface area (Å²) in [4.78, 5) is 2.48. The van der Waals surface area contributed by atoms with E-state index in [9.17, 15) is 9.50 Å². The van der Waals surface area contributed by atoms with E-state index < -0.39 is 0 Å². The maximum Gasteiger partial charge on any atom is 0.162 e. The third-order valence-corrected chi connectivity index (χ3v) is 7.56. The quantitative estimate of drug-likeness (QED) is 0.415. The number of aromatic nitrogens is 1. The van der Waals surface area contributed by atoms with Crippen molar-refractivity contribution in [2.24, 2.45) is 0 Å². The molecule has 36 heavy (non-hydrogen) atoms. The van der Waals surface area contributed by atoms with Gasteiger partial charge in [-0.1, -0.05) is 12.1 Å². The maximum absolute atomic E-state index is 13.6. The Morgan fingerprint density at radius 1 is 1.03 bits per heavy atom. The number of ether oxygens (including phenoxy) is 3. The smallest absolute Gasteiger partial charge is 0.162 e. The van der Waals surface area contributed by atoms with E-state index in [1.54, 1.807) is 20.3 Å². The van der Waals surface area contributed by atoms with E-state index in [2.05, 4.69) is 23.1 Å². The Morgan fingerprint density at radius 2 is 1.92 bits per heavy atom. The molecule has 0 saturated carbocycles. The number of rotatable bonds is 6. The molecule has 3 aromatic carbocycles. The highest BCUT2D eigenvalue weighted by molar-refractivity contribution is 5.87. The van der Waals surface area contributed by atoms with Gasteiger partial charge in [-0.25, -0.2) is 4.39 Å². The molecule has 6 rings (SSSR count). The molecular formula is C29H29FN2O4. The van der Waals surface area contributed by atoms with Gasteiger partial charge in [0.15, 0.2) is 11.5 Å². The summed E-state index contributed by atoms with van der Waals surface area (Å²) in [5, 5.41) is 11.3. The van der Waals surface area contributed by atoms with Gasteiger partial charge in [-0.15, -0.1) is 0 Å². The number of hydrogen-bond acceptors (Lipinski definition) is 5. The number of aliphatic hydroxyl groups is 1. The Balaban J connectivity index is 1.38. The first-order valence-electron chi connectivity index (χ1n) is 12.2. The average molecular weight is 489 g/mol. The molecule has 1 unspecified atom stereocenters. The van der Waals surface area contributed by atoms with Gasteiger partial charge in [0.25, 0.3) is 0 Å². The summed E-state index contributed by atoms with van der Waals surface area (Å²) in [5.41, 5.74) is 6.70. The van der Waals surface area contributed by atoms with Crippen molar-refractivity contribution in [1.82, 2.24) is 9.47 Å².